The van der Waals surface area contributed by atoms with Crippen molar-refractivity contribution in [3.05, 3.63) is 0 Å². The molecule has 0 bridgehead atoms. The summed E-state index contributed by atoms with van der Waals surface area (Å²) in [6.45, 7) is 10.6. The van der Waals surface area contributed by atoms with Crippen LogP contribution in [0.2, 0.25) is 0 Å². The number of hydrogen-bond acceptors (Lipinski definition) is 2. The van der Waals surface area contributed by atoms with Crippen LogP contribution in [-0.2, 0) is 9.53 Å². The first-order valence-corrected chi connectivity index (χ1v) is 10.8. The van der Waals surface area contributed by atoms with E-state index in [-0.39, 0.29) is 5.91 Å². The van der Waals surface area contributed by atoms with Gasteiger partial charge in [0.1, 0.15) is 0 Å². The summed E-state index contributed by atoms with van der Waals surface area (Å²) in [4.78, 5) is 11.9. The molecule has 0 aromatic rings. The van der Waals surface area contributed by atoms with Gasteiger partial charge in [-0.25, -0.2) is 0 Å². The molecule has 3 aliphatic carbocycles. The predicted molar refractivity (Wildman–Crippen MR) is 100 cm³/mol. The highest BCUT2D eigenvalue weighted by molar-refractivity contribution is 5.77. The van der Waals surface area contributed by atoms with Crippen molar-refractivity contribution in [3.8, 4) is 0 Å². The molecule has 142 valence electrons. The maximum atomic E-state index is 11.9. The third-order valence-corrected chi connectivity index (χ3v) is 8.85. The highest BCUT2D eigenvalue weighted by Crippen LogP contribution is 2.65. The molecule has 3 nitrogen and oxygen atoms in total. The second-order valence-corrected chi connectivity index (χ2v) is 10.1. The zero-order valence-electron chi connectivity index (χ0n) is 16.6. The Morgan fingerprint density at radius 1 is 1.16 bits per heavy atom. The van der Waals surface area contributed by atoms with E-state index in [1.54, 1.807) is 0 Å². The SMILES string of the molecule is CCCOC1CC(C)[C@H]2[C@@H]3CCC4NC(=O)CC[C@]4(C)[C@@H]3CC[C@]12C. The van der Waals surface area contributed by atoms with Crippen molar-refractivity contribution in [2.75, 3.05) is 6.61 Å². The first-order valence-electron chi connectivity index (χ1n) is 10.8. The van der Waals surface area contributed by atoms with Gasteiger partial charge in [0.05, 0.1) is 6.10 Å². The molecule has 1 heterocycles. The largest absolute Gasteiger partial charge is 0.378 e. The lowest BCUT2D eigenvalue weighted by Crippen LogP contribution is -2.61. The van der Waals surface area contributed by atoms with Crippen molar-refractivity contribution in [1.82, 2.24) is 5.32 Å². The molecule has 1 N–H and O–H groups in total. The lowest BCUT2D eigenvalue weighted by Gasteiger charge is -2.60. The Morgan fingerprint density at radius 2 is 1.96 bits per heavy atom. The van der Waals surface area contributed by atoms with E-state index in [0.717, 1.165) is 49.5 Å². The summed E-state index contributed by atoms with van der Waals surface area (Å²) in [7, 11) is 0. The first kappa shape index (κ1) is 17.8. The number of hydrogen-bond donors (Lipinski definition) is 1. The fraction of sp³-hybridized carbons (Fsp3) is 0.955. The van der Waals surface area contributed by atoms with E-state index in [0.29, 0.717) is 23.0 Å². The van der Waals surface area contributed by atoms with Gasteiger partial charge in [-0.3, -0.25) is 4.79 Å². The third-order valence-electron chi connectivity index (χ3n) is 8.85. The van der Waals surface area contributed by atoms with Gasteiger partial charge in [0.2, 0.25) is 5.91 Å². The average Bonchev–Trinajstić information content (AvgIpc) is 2.84. The fourth-order valence-corrected chi connectivity index (χ4v) is 7.70. The summed E-state index contributed by atoms with van der Waals surface area (Å²) < 4.78 is 6.36. The van der Waals surface area contributed by atoms with Gasteiger partial charge in [-0.2, -0.15) is 0 Å². The minimum atomic E-state index is 0.281. The smallest absolute Gasteiger partial charge is 0.220 e. The molecule has 0 spiro atoms. The average molecular weight is 348 g/mol. The molecule has 0 aromatic heterocycles. The molecule has 3 saturated carbocycles. The van der Waals surface area contributed by atoms with Gasteiger partial charge >= 0.3 is 0 Å². The predicted octanol–water partition coefficient (Wildman–Crippen LogP) is 4.55. The van der Waals surface area contributed by atoms with E-state index in [2.05, 4.69) is 33.0 Å². The van der Waals surface area contributed by atoms with Crippen LogP contribution in [0.25, 0.3) is 0 Å². The Morgan fingerprint density at radius 3 is 2.72 bits per heavy atom. The van der Waals surface area contributed by atoms with Gasteiger partial charge in [0, 0.05) is 19.1 Å². The lowest BCUT2D eigenvalue weighted by molar-refractivity contribution is -0.142. The molecule has 1 aliphatic heterocycles. The van der Waals surface area contributed by atoms with E-state index in [4.69, 9.17) is 4.74 Å². The van der Waals surface area contributed by atoms with E-state index in [1.807, 2.05) is 0 Å². The Kier molecular flexibility index (Phi) is 4.46. The Labute approximate surface area is 153 Å². The molecule has 1 amide bonds. The van der Waals surface area contributed by atoms with Gasteiger partial charge < -0.3 is 10.1 Å². The van der Waals surface area contributed by atoms with Crippen LogP contribution in [0.3, 0.4) is 0 Å². The molecule has 0 aromatic carbocycles. The van der Waals surface area contributed by atoms with Crippen LogP contribution in [0.1, 0.15) is 79.1 Å². The molecular formula is C22H37NO2. The van der Waals surface area contributed by atoms with Crippen molar-refractivity contribution in [2.24, 2.45) is 34.5 Å². The highest BCUT2D eigenvalue weighted by atomic mass is 16.5. The third kappa shape index (κ3) is 2.59. The second-order valence-electron chi connectivity index (χ2n) is 10.1. The molecule has 3 heteroatoms. The van der Waals surface area contributed by atoms with Crippen LogP contribution in [0.4, 0.5) is 0 Å². The van der Waals surface area contributed by atoms with Crippen LogP contribution < -0.4 is 5.32 Å². The van der Waals surface area contributed by atoms with Crippen molar-refractivity contribution in [1.29, 1.82) is 0 Å². The molecule has 25 heavy (non-hydrogen) atoms. The quantitative estimate of drug-likeness (QED) is 0.813. The van der Waals surface area contributed by atoms with Crippen molar-refractivity contribution in [2.45, 2.75) is 91.2 Å². The van der Waals surface area contributed by atoms with E-state index in [9.17, 15) is 4.79 Å². The van der Waals surface area contributed by atoms with E-state index >= 15 is 0 Å². The minimum Gasteiger partial charge on any atom is -0.378 e. The summed E-state index contributed by atoms with van der Waals surface area (Å²) >= 11 is 0. The molecular weight excluding hydrogens is 310 g/mol. The van der Waals surface area contributed by atoms with Crippen LogP contribution in [-0.4, -0.2) is 24.7 Å². The van der Waals surface area contributed by atoms with Gasteiger partial charge in [-0.1, -0.05) is 27.7 Å². The van der Waals surface area contributed by atoms with Gasteiger partial charge in [0.25, 0.3) is 0 Å². The monoisotopic (exact) mass is 347 g/mol. The maximum Gasteiger partial charge on any atom is 0.220 e. The molecule has 0 radical (unpaired) electrons. The number of carbonyl (C=O) groups is 1. The standard InChI is InChI=1S/C22H37NO2/c1-5-12-25-18-13-14(2)20-15-6-7-17-21(3,11-9-19(24)23-17)16(15)8-10-22(18,20)4/h14-18,20H,5-13H2,1-4H3,(H,23,24)/t14?,15-,16-,17?,18?,20+,21-,22-/m1/s1. The van der Waals surface area contributed by atoms with Crippen LogP contribution in [0, 0.1) is 34.5 Å². The second kappa shape index (κ2) is 6.25. The van der Waals surface area contributed by atoms with Gasteiger partial charge in [-0.15, -0.1) is 0 Å². The zero-order valence-corrected chi connectivity index (χ0v) is 16.6. The normalized spacial score (nSPS) is 52.1. The van der Waals surface area contributed by atoms with Gasteiger partial charge in [-0.05, 0) is 79.4 Å². The van der Waals surface area contributed by atoms with E-state index in [1.165, 1.54) is 32.1 Å². The summed E-state index contributed by atoms with van der Waals surface area (Å²) in [5, 5.41) is 3.35. The molecule has 3 unspecified atom stereocenters. The van der Waals surface area contributed by atoms with E-state index < -0.39 is 0 Å². The number of piperidine rings is 1. The molecule has 4 rings (SSSR count). The highest BCUT2D eigenvalue weighted by Gasteiger charge is 2.62. The first-order chi connectivity index (χ1) is 11.9. The number of ether oxygens (including phenoxy) is 1. The lowest BCUT2D eigenvalue weighted by atomic mass is 9.47. The van der Waals surface area contributed by atoms with Crippen molar-refractivity contribution in [3.63, 3.8) is 0 Å². The number of carbonyl (C=O) groups excluding carboxylic acids is 1. The maximum absolute atomic E-state index is 11.9. The summed E-state index contributed by atoms with van der Waals surface area (Å²) in [6.07, 6.45) is 9.80. The van der Waals surface area contributed by atoms with Crippen LogP contribution >= 0.6 is 0 Å². The molecule has 8 atom stereocenters. The minimum absolute atomic E-state index is 0.281. The van der Waals surface area contributed by atoms with Crippen molar-refractivity contribution >= 4 is 5.91 Å². The topological polar surface area (TPSA) is 38.3 Å². The fourth-order valence-electron chi connectivity index (χ4n) is 7.70. The summed E-state index contributed by atoms with van der Waals surface area (Å²) in [5.74, 6) is 3.49. The number of nitrogens with one attached hydrogen (secondary N) is 1. The Balaban J connectivity index is 1.59. The number of amides is 1. The summed E-state index contributed by atoms with van der Waals surface area (Å²) in [6, 6.07) is 0.420. The van der Waals surface area contributed by atoms with Crippen LogP contribution in [0.5, 0.6) is 0 Å². The van der Waals surface area contributed by atoms with Gasteiger partial charge in [0.15, 0.2) is 0 Å². The molecule has 4 aliphatic rings. The summed E-state index contributed by atoms with van der Waals surface area (Å²) in [5.41, 5.74) is 0.692. The Hall–Kier alpha value is -0.570. The number of fused-ring (bicyclic) bond motifs is 5. The van der Waals surface area contributed by atoms with Crippen molar-refractivity contribution < 1.29 is 9.53 Å². The molecule has 1 saturated heterocycles. The van der Waals surface area contributed by atoms with Crippen LogP contribution in [0.15, 0.2) is 0 Å². The molecule has 4 fully saturated rings. The zero-order chi connectivity index (χ0) is 17.8. The Bertz CT molecular complexity index is 534. The number of rotatable bonds is 3.